The van der Waals surface area contributed by atoms with Crippen molar-refractivity contribution in [1.82, 2.24) is 0 Å². The van der Waals surface area contributed by atoms with Crippen molar-refractivity contribution in [1.29, 1.82) is 10.5 Å². The molecule has 0 amide bonds. The molecule has 0 heterocycles. The summed E-state index contributed by atoms with van der Waals surface area (Å²) in [4.78, 5) is 0. The topological polar surface area (TPSA) is 56.8 Å². The van der Waals surface area contributed by atoms with E-state index in [0.29, 0.717) is 34.8 Å². The molecule has 0 aliphatic heterocycles. The molecule has 5 rings (SSSR count). The summed E-state index contributed by atoms with van der Waals surface area (Å²) in [5, 5.41) is 19.9. The molecule has 4 aliphatic carbocycles. The van der Waals surface area contributed by atoms with Crippen LogP contribution in [-0.2, 0) is 0 Å². The Balaban J connectivity index is 1.46. The molecule has 172 valence electrons. The first kappa shape index (κ1) is 23.2. The van der Waals surface area contributed by atoms with E-state index in [2.05, 4.69) is 32.1 Å². The van der Waals surface area contributed by atoms with Crippen molar-refractivity contribution >= 4 is 0 Å². The lowest BCUT2D eigenvalue weighted by Crippen LogP contribution is -2.44. The van der Waals surface area contributed by atoms with E-state index < -0.39 is 0 Å². The third-order valence-corrected chi connectivity index (χ3v) is 9.28. The summed E-state index contributed by atoms with van der Waals surface area (Å²) in [5.74, 6) is 1.86. The molecule has 0 saturated heterocycles. The van der Waals surface area contributed by atoms with Crippen molar-refractivity contribution in [3.63, 3.8) is 0 Å². The van der Waals surface area contributed by atoms with E-state index in [9.17, 15) is 10.5 Å². The van der Waals surface area contributed by atoms with Crippen LogP contribution in [0.2, 0.25) is 0 Å². The monoisotopic (exact) mass is 432 g/mol. The molecule has 4 fully saturated rings. The van der Waals surface area contributed by atoms with Crippen LogP contribution in [0, 0.1) is 39.4 Å². The van der Waals surface area contributed by atoms with Gasteiger partial charge in [0.2, 0.25) is 0 Å². The highest BCUT2D eigenvalue weighted by molar-refractivity contribution is 5.58. The molecule has 32 heavy (non-hydrogen) atoms. The van der Waals surface area contributed by atoms with E-state index in [1.807, 2.05) is 6.07 Å². The maximum absolute atomic E-state index is 9.96. The number of ether oxygens (including phenoxy) is 1. The molecule has 0 atom stereocenters. The molecule has 1 aromatic carbocycles. The highest BCUT2D eigenvalue weighted by atomic mass is 16.5. The molecule has 1 aromatic rings. The minimum atomic E-state index is 0.269. The standard InChI is InChI=1S/C29H40N2O/c1-3-5-22-6-8-23(9-7-22)24-10-11-27(26(20-31)25(24)19-30)32-21-29-16-13-28(12-4-2,14-17-29)15-18-29/h10-11,22-23H,3-9,12-18,21H2,1-2H3/t22-,23-,28?,29?. The summed E-state index contributed by atoms with van der Waals surface area (Å²) in [6.45, 7) is 5.26. The number of benzene rings is 1. The van der Waals surface area contributed by atoms with Gasteiger partial charge in [-0.2, -0.15) is 10.5 Å². The molecule has 0 aromatic heterocycles. The summed E-state index contributed by atoms with van der Waals surface area (Å²) in [7, 11) is 0. The van der Waals surface area contributed by atoms with Gasteiger partial charge in [0.25, 0.3) is 0 Å². The second kappa shape index (κ2) is 9.87. The van der Waals surface area contributed by atoms with Gasteiger partial charge in [0.15, 0.2) is 0 Å². The Morgan fingerprint density at radius 1 is 0.844 bits per heavy atom. The number of hydrogen-bond acceptors (Lipinski definition) is 3. The Morgan fingerprint density at radius 2 is 1.47 bits per heavy atom. The van der Waals surface area contributed by atoms with Gasteiger partial charge in [-0.3, -0.25) is 0 Å². The predicted molar refractivity (Wildman–Crippen MR) is 128 cm³/mol. The van der Waals surface area contributed by atoms with Crippen LogP contribution in [0.15, 0.2) is 12.1 Å². The van der Waals surface area contributed by atoms with Crippen LogP contribution in [0.1, 0.15) is 126 Å². The van der Waals surface area contributed by atoms with E-state index >= 15 is 0 Å². The number of rotatable bonds is 8. The van der Waals surface area contributed by atoms with Crippen molar-refractivity contribution < 1.29 is 4.74 Å². The largest absolute Gasteiger partial charge is 0.492 e. The molecule has 4 aliphatic rings. The quantitative estimate of drug-likeness (QED) is 0.418. The maximum Gasteiger partial charge on any atom is 0.138 e. The van der Waals surface area contributed by atoms with Crippen molar-refractivity contribution in [2.75, 3.05) is 6.61 Å². The van der Waals surface area contributed by atoms with Gasteiger partial charge in [0, 0.05) is 5.41 Å². The average Bonchev–Trinajstić information content (AvgIpc) is 2.84. The first-order chi connectivity index (χ1) is 15.6. The van der Waals surface area contributed by atoms with Crippen LogP contribution in [0.4, 0.5) is 0 Å². The molecule has 0 radical (unpaired) electrons. The summed E-state index contributed by atoms with van der Waals surface area (Å²) in [6.07, 6.45) is 17.7. The minimum Gasteiger partial charge on any atom is -0.492 e. The molecule has 0 unspecified atom stereocenters. The van der Waals surface area contributed by atoms with E-state index in [4.69, 9.17) is 4.74 Å². The van der Waals surface area contributed by atoms with Gasteiger partial charge >= 0.3 is 0 Å². The fourth-order valence-electron chi connectivity index (χ4n) is 7.16. The number of hydrogen-bond donors (Lipinski definition) is 0. The maximum atomic E-state index is 9.96. The normalized spacial score (nSPS) is 31.6. The lowest BCUT2D eigenvalue weighted by Gasteiger charge is -2.53. The third kappa shape index (κ3) is 4.55. The summed E-state index contributed by atoms with van der Waals surface area (Å²) < 4.78 is 6.34. The molecule has 2 bridgehead atoms. The van der Waals surface area contributed by atoms with Crippen molar-refractivity contribution in [2.45, 2.75) is 110 Å². The van der Waals surface area contributed by atoms with E-state index in [-0.39, 0.29) is 5.41 Å². The Morgan fingerprint density at radius 3 is 2.03 bits per heavy atom. The van der Waals surface area contributed by atoms with Gasteiger partial charge in [-0.1, -0.05) is 39.2 Å². The van der Waals surface area contributed by atoms with Crippen LogP contribution in [0.5, 0.6) is 5.75 Å². The number of fused-ring (bicyclic) bond motifs is 3. The van der Waals surface area contributed by atoms with E-state index in [1.165, 1.54) is 77.0 Å². The van der Waals surface area contributed by atoms with Crippen LogP contribution in [0.25, 0.3) is 0 Å². The first-order valence-corrected chi connectivity index (χ1v) is 13.2. The van der Waals surface area contributed by atoms with Crippen LogP contribution < -0.4 is 4.74 Å². The smallest absolute Gasteiger partial charge is 0.138 e. The second-order valence-corrected chi connectivity index (χ2v) is 11.2. The van der Waals surface area contributed by atoms with Crippen LogP contribution >= 0.6 is 0 Å². The van der Waals surface area contributed by atoms with Crippen molar-refractivity contribution in [3.8, 4) is 17.9 Å². The van der Waals surface area contributed by atoms with Gasteiger partial charge in [-0.25, -0.2) is 0 Å². The molecule has 3 nitrogen and oxygen atoms in total. The Hall–Kier alpha value is -2.00. The summed E-state index contributed by atoms with van der Waals surface area (Å²) >= 11 is 0. The fraction of sp³-hybridized carbons (Fsp3) is 0.724. The molecule has 3 heteroatoms. The van der Waals surface area contributed by atoms with Gasteiger partial charge in [0.1, 0.15) is 23.5 Å². The predicted octanol–water partition coefficient (Wildman–Crippen LogP) is 8.02. The molecular formula is C29H40N2O. The van der Waals surface area contributed by atoms with Crippen LogP contribution in [0.3, 0.4) is 0 Å². The lowest BCUT2D eigenvalue weighted by atomic mass is 9.53. The molecular weight excluding hydrogens is 392 g/mol. The molecule has 4 saturated carbocycles. The molecule has 0 spiro atoms. The zero-order valence-electron chi connectivity index (χ0n) is 20.2. The van der Waals surface area contributed by atoms with Crippen molar-refractivity contribution in [3.05, 3.63) is 28.8 Å². The summed E-state index contributed by atoms with van der Waals surface area (Å²) in [6, 6.07) is 8.77. The van der Waals surface area contributed by atoms with Gasteiger partial charge in [-0.05, 0) is 99.5 Å². The Kier molecular flexibility index (Phi) is 7.14. The zero-order valence-corrected chi connectivity index (χ0v) is 20.2. The number of nitriles is 2. The SMILES string of the molecule is CCCC12CCC(COc3ccc([C@H]4CC[C@H](CCC)CC4)c(C#N)c3C#N)(CC1)CC2. The minimum absolute atomic E-state index is 0.269. The van der Waals surface area contributed by atoms with E-state index in [0.717, 1.165) is 24.3 Å². The third-order valence-electron chi connectivity index (χ3n) is 9.28. The van der Waals surface area contributed by atoms with Gasteiger partial charge < -0.3 is 4.74 Å². The van der Waals surface area contributed by atoms with Crippen molar-refractivity contribution in [2.24, 2.45) is 16.7 Å². The van der Waals surface area contributed by atoms with Gasteiger partial charge in [-0.15, -0.1) is 0 Å². The highest BCUT2D eigenvalue weighted by Gasteiger charge is 2.48. The van der Waals surface area contributed by atoms with E-state index in [1.54, 1.807) is 0 Å². The number of nitrogens with zero attached hydrogens (tertiary/aromatic N) is 2. The fourth-order valence-corrected chi connectivity index (χ4v) is 7.16. The zero-order chi connectivity index (χ0) is 22.6. The lowest BCUT2D eigenvalue weighted by molar-refractivity contribution is -0.0402. The van der Waals surface area contributed by atoms with Gasteiger partial charge in [0.05, 0.1) is 12.2 Å². The van der Waals surface area contributed by atoms with Crippen LogP contribution in [-0.4, -0.2) is 6.61 Å². The first-order valence-electron chi connectivity index (χ1n) is 13.2. The molecule has 0 N–H and O–H groups in total. The Bertz CT molecular complexity index is 857. The Labute approximate surface area is 195 Å². The average molecular weight is 433 g/mol. The summed E-state index contributed by atoms with van der Waals surface area (Å²) in [5.41, 5.74) is 2.97. The highest BCUT2D eigenvalue weighted by Crippen LogP contribution is 2.58. The second-order valence-electron chi connectivity index (χ2n) is 11.2.